The van der Waals surface area contributed by atoms with E-state index in [2.05, 4.69) is 0 Å². The van der Waals surface area contributed by atoms with Gasteiger partial charge in [0.2, 0.25) is 5.30 Å². The van der Waals surface area contributed by atoms with Crippen molar-refractivity contribution in [3.05, 3.63) is 29.3 Å². The molecule has 0 aliphatic heterocycles. The molecule has 0 aliphatic carbocycles. The number of aryl methyl sites for hydroxylation is 1. The summed E-state index contributed by atoms with van der Waals surface area (Å²) in [6, 6.07) is 4.64. The topological polar surface area (TPSA) is 74.6 Å². The van der Waals surface area contributed by atoms with Crippen molar-refractivity contribution < 1.29 is 19.4 Å². The normalized spacial score (nSPS) is 11.1. The van der Waals surface area contributed by atoms with E-state index in [1.807, 2.05) is 0 Å². The molecule has 0 fully saturated rings. The summed E-state index contributed by atoms with van der Waals surface area (Å²) in [6.07, 6.45) is -0.122. The van der Waals surface area contributed by atoms with Crippen LogP contribution in [0.1, 0.15) is 11.1 Å². The molecule has 14 heavy (non-hydrogen) atoms. The summed E-state index contributed by atoms with van der Waals surface area (Å²) in [7, 11) is -2.39. The lowest BCUT2D eigenvalue weighted by molar-refractivity contribution is -0.136. The molecule has 1 rings (SSSR count). The molecule has 74 valence electrons. The second-order valence-electron chi connectivity index (χ2n) is 2.95. The highest BCUT2D eigenvalue weighted by Crippen LogP contribution is 2.16. The fourth-order valence-corrected chi connectivity index (χ4v) is 1.60. The Morgan fingerprint density at radius 3 is 2.64 bits per heavy atom. The fourth-order valence-electron chi connectivity index (χ4n) is 1.13. The third-order valence-corrected chi connectivity index (χ3v) is 2.62. The van der Waals surface area contributed by atoms with Crippen LogP contribution in [-0.4, -0.2) is 16.0 Å². The molecule has 0 saturated carbocycles. The number of hydrogen-bond acceptors (Lipinski definition) is 2. The maximum absolute atomic E-state index is 10.8. The van der Waals surface area contributed by atoms with Gasteiger partial charge in [0.05, 0.1) is 6.42 Å². The van der Waals surface area contributed by atoms with Crippen LogP contribution in [0.5, 0.6) is 0 Å². The average molecular weight is 213 g/mol. The van der Waals surface area contributed by atoms with Crippen LogP contribution < -0.4 is 5.30 Å². The Balaban J connectivity index is 3.08. The van der Waals surface area contributed by atoms with Crippen molar-refractivity contribution in [3.63, 3.8) is 0 Å². The molecule has 0 bridgehead atoms. The summed E-state index contributed by atoms with van der Waals surface area (Å²) < 4.78 is 10.8. The zero-order chi connectivity index (χ0) is 10.7. The van der Waals surface area contributed by atoms with Crippen molar-refractivity contribution in [3.8, 4) is 0 Å². The first-order valence-corrected chi connectivity index (χ1v) is 5.19. The second-order valence-corrected chi connectivity index (χ2v) is 4.02. The van der Waals surface area contributed by atoms with Gasteiger partial charge < -0.3 is 5.11 Å². The van der Waals surface area contributed by atoms with Crippen LogP contribution in [-0.2, 0) is 15.8 Å². The molecule has 1 aromatic rings. The second kappa shape index (κ2) is 4.31. The number of benzene rings is 1. The minimum absolute atomic E-state index is 0.122. The Morgan fingerprint density at radius 1 is 1.50 bits per heavy atom. The zero-order valence-electron chi connectivity index (χ0n) is 7.60. The predicted octanol–water partition coefficient (Wildman–Crippen LogP) is 0.982. The fraction of sp³-hybridized carbons (Fsp3) is 0.222. The zero-order valence-corrected chi connectivity index (χ0v) is 8.49. The summed E-state index contributed by atoms with van der Waals surface area (Å²) in [5.74, 6) is -0.946. The molecular formula is C9H10O4P+. The van der Waals surface area contributed by atoms with Crippen LogP contribution in [0, 0.1) is 6.92 Å². The van der Waals surface area contributed by atoms with E-state index in [4.69, 9.17) is 10.00 Å². The summed E-state index contributed by atoms with van der Waals surface area (Å²) in [5, 5.41) is 8.85. The van der Waals surface area contributed by atoms with Gasteiger partial charge in [-0.1, -0.05) is 6.07 Å². The average Bonchev–Trinajstić information content (AvgIpc) is 2.07. The molecule has 0 aliphatic rings. The lowest BCUT2D eigenvalue weighted by Gasteiger charge is -2.00. The van der Waals surface area contributed by atoms with E-state index in [1.165, 1.54) is 12.1 Å². The summed E-state index contributed by atoms with van der Waals surface area (Å²) >= 11 is 0. The highest BCUT2D eigenvalue weighted by atomic mass is 31.1. The van der Waals surface area contributed by atoms with Gasteiger partial charge in [-0.3, -0.25) is 4.79 Å². The first-order chi connectivity index (χ1) is 6.50. The first-order valence-electron chi connectivity index (χ1n) is 3.98. The van der Waals surface area contributed by atoms with Crippen LogP contribution in [0.4, 0.5) is 0 Å². The van der Waals surface area contributed by atoms with Gasteiger partial charge >= 0.3 is 14.0 Å². The van der Waals surface area contributed by atoms with Gasteiger partial charge in [-0.15, -0.1) is 0 Å². The highest BCUT2D eigenvalue weighted by Gasteiger charge is 2.17. The third kappa shape index (κ3) is 2.62. The van der Waals surface area contributed by atoms with Crippen molar-refractivity contribution in [2.45, 2.75) is 13.3 Å². The van der Waals surface area contributed by atoms with Gasteiger partial charge in [-0.2, -0.15) is 4.89 Å². The summed E-state index contributed by atoms with van der Waals surface area (Å²) in [6.45, 7) is 1.77. The van der Waals surface area contributed by atoms with E-state index in [1.54, 1.807) is 13.0 Å². The molecule has 1 aromatic carbocycles. The van der Waals surface area contributed by atoms with E-state index in [-0.39, 0.29) is 11.7 Å². The number of carboxylic acid groups (broad SMARTS) is 1. The molecule has 0 spiro atoms. The van der Waals surface area contributed by atoms with Gasteiger partial charge in [0.15, 0.2) is 0 Å². The Morgan fingerprint density at radius 2 is 2.14 bits per heavy atom. The SMILES string of the molecule is Cc1ccc([P+](=O)O)cc1CC(=O)O. The van der Waals surface area contributed by atoms with Gasteiger partial charge in [0, 0.05) is 0 Å². The lowest BCUT2D eigenvalue weighted by Crippen LogP contribution is -2.06. The Bertz CT molecular complexity index is 386. The van der Waals surface area contributed by atoms with Crippen molar-refractivity contribution in [1.29, 1.82) is 0 Å². The molecule has 5 heteroatoms. The minimum Gasteiger partial charge on any atom is -0.481 e. The molecule has 1 atom stereocenters. The van der Waals surface area contributed by atoms with Crippen molar-refractivity contribution in [1.82, 2.24) is 0 Å². The number of carbonyl (C=O) groups is 1. The standard InChI is InChI=1S/C9H9O4P/c1-6-2-3-8(14(12)13)4-7(6)5-9(10)11/h2-4H,5H2,1H3,(H-,10,11,12,13)/p+1. The van der Waals surface area contributed by atoms with Gasteiger partial charge in [-0.25, -0.2) is 0 Å². The van der Waals surface area contributed by atoms with E-state index in [9.17, 15) is 9.36 Å². The summed E-state index contributed by atoms with van der Waals surface area (Å²) in [4.78, 5) is 19.3. The van der Waals surface area contributed by atoms with E-state index < -0.39 is 14.0 Å². The van der Waals surface area contributed by atoms with Crippen molar-refractivity contribution in [2.24, 2.45) is 0 Å². The molecule has 1 unspecified atom stereocenters. The van der Waals surface area contributed by atoms with Crippen LogP contribution >= 0.6 is 8.03 Å². The molecule has 0 saturated heterocycles. The molecule has 0 amide bonds. The smallest absolute Gasteiger partial charge is 0.481 e. The van der Waals surface area contributed by atoms with Crippen molar-refractivity contribution >= 4 is 19.3 Å². The monoisotopic (exact) mass is 213 g/mol. The molecule has 2 N–H and O–H groups in total. The minimum atomic E-state index is -2.39. The highest BCUT2D eigenvalue weighted by molar-refractivity contribution is 7.47. The van der Waals surface area contributed by atoms with Gasteiger partial charge in [0.25, 0.3) is 0 Å². The Kier molecular flexibility index (Phi) is 3.33. The Hall–Kier alpha value is -1.25. The van der Waals surface area contributed by atoms with E-state index >= 15 is 0 Å². The number of carboxylic acids is 1. The number of hydrogen-bond donors (Lipinski definition) is 2. The Labute approximate surface area is 82.1 Å². The van der Waals surface area contributed by atoms with Crippen LogP contribution in [0.15, 0.2) is 18.2 Å². The number of rotatable bonds is 3. The molecule has 0 heterocycles. The third-order valence-electron chi connectivity index (χ3n) is 1.90. The molecular weight excluding hydrogens is 203 g/mol. The van der Waals surface area contributed by atoms with Crippen LogP contribution in [0.2, 0.25) is 0 Å². The quantitative estimate of drug-likeness (QED) is 0.734. The molecule has 0 aromatic heterocycles. The van der Waals surface area contributed by atoms with Crippen LogP contribution in [0.25, 0.3) is 0 Å². The molecule has 0 radical (unpaired) electrons. The maximum Gasteiger partial charge on any atom is 0.546 e. The number of aliphatic carboxylic acids is 1. The van der Waals surface area contributed by atoms with Gasteiger partial charge in [-0.05, 0) is 34.7 Å². The first kappa shape index (κ1) is 10.8. The lowest BCUT2D eigenvalue weighted by atomic mass is 10.1. The maximum atomic E-state index is 10.8. The largest absolute Gasteiger partial charge is 0.546 e. The van der Waals surface area contributed by atoms with Crippen molar-refractivity contribution in [2.75, 3.05) is 0 Å². The van der Waals surface area contributed by atoms with E-state index in [0.29, 0.717) is 5.56 Å². The van der Waals surface area contributed by atoms with Crippen LogP contribution in [0.3, 0.4) is 0 Å². The molecule has 4 nitrogen and oxygen atoms in total. The summed E-state index contributed by atoms with van der Waals surface area (Å²) in [5.41, 5.74) is 1.39. The van der Waals surface area contributed by atoms with E-state index in [0.717, 1.165) is 5.56 Å². The predicted molar refractivity (Wildman–Crippen MR) is 52.0 cm³/mol. The van der Waals surface area contributed by atoms with Gasteiger partial charge in [0.1, 0.15) is 0 Å².